The van der Waals surface area contributed by atoms with Crippen LogP contribution in [0.1, 0.15) is 43.0 Å². The summed E-state index contributed by atoms with van der Waals surface area (Å²) in [7, 11) is -1.74. The third-order valence-electron chi connectivity index (χ3n) is 5.39. The average molecular weight is 455 g/mol. The fraction of sp³-hybridized carbons (Fsp3) is 0.476. The first-order valence-corrected chi connectivity index (χ1v) is 12.4. The molecule has 8 heteroatoms. The van der Waals surface area contributed by atoms with E-state index in [2.05, 4.69) is 13.8 Å². The highest BCUT2D eigenvalue weighted by molar-refractivity contribution is 7.89. The fourth-order valence-corrected chi connectivity index (χ4v) is 6.19. The number of thiophene rings is 1. The van der Waals surface area contributed by atoms with Gasteiger partial charge in [-0.3, -0.25) is 4.79 Å². The van der Waals surface area contributed by atoms with Crippen molar-refractivity contribution in [1.29, 1.82) is 0 Å². The third-order valence-corrected chi connectivity index (χ3v) is 8.51. The maximum Gasteiger partial charge on any atom is 0.243 e. The van der Waals surface area contributed by atoms with Gasteiger partial charge in [0.15, 0.2) is 0 Å². The molecular weight excluding hydrogens is 428 g/mol. The summed E-state index contributed by atoms with van der Waals surface area (Å²) >= 11 is 7.43. The van der Waals surface area contributed by atoms with E-state index >= 15 is 0 Å². The lowest BCUT2D eigenvalue weighted by Crippen LogP contribution is -2.43. The molecule has 0 N–H and O–H groups in total. The van der Waals surface area contributed by atoms with Crippen LogP contribution in [0.2, 0.25) is 4.34 Å². The zero-order chi connectivity index (χ0) is 21.2. The van der Waals surface area contributed by atoms with Crippen molar-refractivity contribution in [2.45, 2.75) is 44.0 Å². The molecule has 3 rings (SSSR count). The van der Waals surface area contributed by atoms with E-state index in [4.69, 9.17) is 11.6 Å². The van der Waals surface area contributed by atoms with Crippen LogP contribution in [0.5, 0.6) is 0 Å². The maximum atomic E-state index is 12.9. The SMILES string of the molecule is CC(C)c1ccc(S(=O)(=O)N2CCC(C(=O)N(C)Cc3ccc(Cl)s3)CC2)cc1. The normalized spacial score (nSPS) is 16.3. The first-order valence-electron chi connectivity index (χ1n) is 9.78. The minimum atomic E-state index is -3.52. The Labute approximate surface area is 182 Å². The lowest BCUT2D eigenvalue weighted by molar-refractivity contribution is -0.135. The minimum Gasteiger partial charge on any atom is -0.340 e. The van der Waals surface area contributed by atoms with Gasteiger partial charge < -0.3 is 4.90 Å². The van der Waals surface area contributed by atoms with Crippen LogP contribution in [0.25, 0.3) is 0 Å². The number of halogens is 1. The molecule has 0 aliphatic carbocycles. The summed E-state index contributed by atoms with van der Waals surface area (Å²) in [6, 6.07) is 10.9. The average Bonchev–Trinajstić information content (AvgIpc) is 3.12. The van der Waals surface area contributed by atoms with Crippen molar-refractivity contribution in [3.63, 3.8) is 0 Å². The monoisotopic (exact) mass is 454 g/mol. The van der Waals surface area contributed by atoms with E-state index in [1.165, 1.54) is 15.6 Å². The van der Waals surface area contributed by atoms with Crippen LogP contribution in [-0.4, -0.2) is 43.7 Å². The molecule has 0 radical (unpaired) electrons. The molecule has 0 atom stereocenters. The smallest absolute Gasteiger partial charge is 0.243 e. The number of hydrogen-bond acceptors (Lipinski definition) is 4. The molecule has 0 saturated carbocycles. The second kappa shape index (κ2) is 9.16. The molecule has 2 aromatic rings. The summed E-state index contributed by atoms with van der Waals surface area (Å²) < 4.78 is 28.1. The van der Waals surface area contributed by atoms with Crippen LogP contribution < -0.4 is 0 Å². The molecule has 2 heterocycles. The van der Waals surface area contributed by atoms with Crippen LogP contribution in [0, 0.1) is 5.92 Å². The molecule has 1 saturated heterocycles. The van der Waals surface area contributed by atoms with Gasteiger partial charge in [0, 0.05) is 30.9 Å². The van der Waals surface area contributed by atoms with Gasteiger partial charge >= 0.3 is 0 Å². The summed E-state index contributed by atoms with van der Waals surface area (Å²) in [5.41, 5.74) is 1.11. The number of carbonyl (C=O) groups excluding carboxylic acids is 1. The Morgan fingerprint density at radius 1 is 1.17 bits per heavy atom. The lowest BCUT2D eigenvalue weighted by atomic mass is 9.96. The van der Waals surface area contributed by atoms with Gasteiger partial charge in [0.05, 0.1) is 15.8 Å². The van der Waals surface area contributed by atoms with E-state index in [9.17, 15) is 13.2 Å². The molecule has 158 valence electrons. The molecule has 1 aromatic carbocycles. The number of benzene rings is 1. The highest BCUT2D eigenvalue weighted by Crippen LogP contribution is 2.27. The third kappa shape index (κ3) is 5.20. The van der Waals surface area contributed by atoms with E-state index in [1.54, 1.807) is 24.1 Å². The van der Waals surface area contributed by atoms with E-state index in [0.29, 0.717) is 47.6 Å². The van der Waals surface area contributed by atoms with E-state index in [-0.39, 0.29) is 11.8 Å². The van der Waals surface area contributed by atoms with Gasteiger partial charge in [-0.05, 0) is 48.6 Å². The Balaban J connectivity index is 1.59. The Morgan fingerprint density at radius 2 is 1.79 bits per heavy atom. The first-order chi connectivity index (χ1) is 13.7. The molecule has 5 nitrogen and oxygen atoms in total. The number of carbonyl (C=O) groups is 1. The minimum absolute atomic E-state index is 0.0628. The number of sulfonamides is 1. The highest BCUT2D eigenvalue weighted by atomic mass is 35.5. The summed E-state index contributed by atoms with van der Waals surface area (Å²) in [6.45, 7) is 5.41. The standard InChI is InChI=1S/C21H27ClN2O3S2/c1-15(2)16-4-7-19(8-5-16)29(26,27)24-12-10-17(11-13-24)21(25)23(3)14-18-6-9-20(22)28-18/h4-9,15,17H,10-14H2,1-3H3. The number of rotatable bonds is 6. The highest BCUT2D eigenvalue weighted by Gasteiger charge is 2.33. The van der Waals surface area contributed by atoms with Crippen LogP contribution in [0.4, 0.5) is 0 Å². The van der Waals surface area contributed by atoms with Crippen molar-refractivity contribution in [3.05, 3.63) is 51.2 Å². The first kappa shape index (κ1) is 22.3. The second-order valence-corrected chi connectivity index (χ2v) is 11.5. The van der Waals surface area contributed by atoms with Gasteiger partial charge in [-0.2, -0.15) is 4.31 Å². The summed E-state index contributed by atoms with van der Waals surface area (Å²) in [5.74, 6) is 0.272. The van der Waals surface area contributed by atoms with Crippen LogP contribution in [0.15, 0.2) is 41.3 Å². The lowest BCUT2D eigenvalue weighted by Gasteiger charge is -2.32. The second-order valence-electron chi connectivity index (χ2n) is 7.80. The molecule has 1 fully saturated rings. The zero-order valence-corrected chi connectivity index (χ0v) is 19.4. The molecule has 0 bridgehead atoms. The molecule has 1 aliphatic heterocycles. The van der Waals surface area contributed by atoms with Crippen molar-refractivity contribution in [3.8, 4) is 0 Å². The predicted octanol–water partition coefficient (Wildman–Crippen LogP) is 4.58. The van der Waals surface area contributed by atoms with Crippen molar-refractivity contribution in [2.24, 2.45) is 5.92 Å². The summed E-state index contributed by atoms with van der Waals surface area (Å²) in [6.07, 6.45) is 1.08. The van der Waals surface area contributed by atoms with Gasteiger partial charge in [0.1, 0.15) is 0 Å². The van der Waals surface area contributed by atoms with Crippen molar-refractivity contribution >= 4 is 38.9 Å². The van der Waals surface area contributed by atoms with Crippen molar-refractivity contribution in [1.82, 2.24) is 9.21 Å². The van der Waals surface area contributed by atoms with Crippen LogP contribution in [0.3, 0.4) is 0 Å². The van der Waals surface area contributed by atoms with Gasteiger partial charge in [0.2, 0.25) is 15.9 Å². The predicted molar refractivity (Wildman–Crippen MR) is 118 cm³/mol. The number of hydrogen-bond donors (Lipinski definition) is 0. The van der Waals surface area contributed by atoms with Gasteiger partial charge in [-0.25, -0.2) is 8.42 Å². The largest absolute Gasteiger partial charge is 0.340 e. The number of amides is 1. The van der Waals surface area contributed by atoms with E-state index < -0.39 is 10.0 Å². The molecule has 1 amide bonds. The number of nitrogens with zero attached hydrogens (tertiary/aromatic N) is 2. The van der Waals surface area contributed by atoms with Crippen LogP contribution >= 0.6 is 22.9 Å². The molecule has 1 aromatic heterocycles. The number of piperidine rings is 1. The van der Waals surface area contributed by atoms with Crippen molar-refractivity contribution in [2.75, 3.05) is 20.1 Å². The molecule has 1 aliphatic rings. The van der Waals surface area contributed by atoms with Gasteiger partial charge in [-0.15, -0.1) is 11.3 Å². The fourth-order valence-electron chi connectivity index (χ4n) is 3.58. The molecule has 0 spiro atoms. The van der Waals surface area contributed by atoms with Crippen LogP contribution in [-0.2, 0) is 21.4 Å². The Bertz CT molecular complexity index is 947. The summed E-state index contributed by atoms with van der Waals surface area (Å²) in [5, 5.41) is 0. The van der Waals surface area contributed by atoms with Gasteiger partial charge in [-0.1, -0.05) is 37.6 Å². The maximum absolute atomic E-state index is 12.9. The van der Waals surface area contributed by atoms with E-state index in [1.807, 2.05) is 24.3 Å². The van der Waals surface area contributed by atoms with Gasteiger partial charge in [0.25, 0.3) is 0 Å². The Hall–Kier alpha value is -1.41. The molecular formula is C21H27ClN2O3S2. The van der Waals surface area contributed by atoms with E-state index in [0.717, 1.165) is 10.4 Å². The topological polar surface area (TPSA) is 57.7 Å². The quantitative estimate of drug-likeness (QED) is 0.641. The zero-order valence-electron chi connectivity index (χ0n) is 17.0. The Morgan fingerprint density at radius 3 is 2.31 bits per heavy atom. The molecule has 0 unspecified atom stereocenters. The molecule has 29 heavy (non-hydrogen) atoms. The van der Waals surface area contributed by atoms with Crippen molar-refractivity contribution < 1.29 is 13.2 Å². The summed E-state index contributed by atoms with van der Waals surface area (Å²) in [4.78, 5) is 15.8. The Kier molecular flexibility index (Phi) is 7.04.